The number of imide groups is 1. The molecule has 0 radical (unpaired) electrons. The number of nitro groups is 1. The summed E-state index contributed by atoms with van der Waals surface area (Å²) in [5, 5.41) is 23.1. The Morgan fingerprint density at radius 2 is 1.90 bits per heavy atom. The van der Waals surface area contributed by atoms with Gasteiger partial charge >= 0.3 is 0 Å². The number of aliphatic hydroxyl groups is 1. The highest BCUT2D eigenvalue weighted by atomic mass is 79.9. The first kappa shape index (κ1) is 23.8. The summed E-state index contributed by atoms with van der Waals surface area (Å²) in [5.74, 6) is -0.835. The molecule has 164 valence electrons. The maximum atomic E-state index is 12.3. The second-order valence-electron chi connectivity index (χ2n) is 6.87. The summed E-state index contributed by atoms with van der Waals surface area (Å²) in [6.07, 6.45) is 7.70. The van der Waals surface area contributed by atoms with Crippen molar-refractivity contribution < 1.29 is 24.4 Å². The number of carbonyl (C=O) groups excluding carboxylic acids is 2. The third-order valence-electron chi connectivity index (χ3n) is 4.60. The first-order valence-corrected chi connectivity index (χ1v) is 10.7. The molecule has 2 amide bonds. The van der Waals surface area contributed by atoms with E-state index >= 15 is 0 Å². The maximum absolute atomic E-state index is 12.3. The lowest BCUT2D eigenvalue weighted by Gasteiger charge is -2.14. The number of nitrogens with one attached hydrogen (secondary N) is 1. The molecule has 1 heterocycles. The van der Waals surface area contributed by atoms with Crippen molar-refractivity contribution in [2.45, 2.75) is 45.4 Å². The Bertz CT molecular complexity index is 827. The number of β-amino-alcohol motifs (C(OH)–C–C–N with tert-alkyl or cyclic N) is 1. The molecule has 0 aromatic heterocycles. The van der Waals surface area contributed by atoms with E-state index in [2.05, 4.69) is 28.2 Å². The van der Waals surface area contributed by atoms with E-state index in [1.54, 1.807) is 0 Å². The maximum Gasteiger partial charge on any atom is 0.294 e. The minimum atomic E-state index is -0.652. The van der Waals surface area contributed by atoms with Gasteiger partial charge in [0, 0.05) is 18.2 Å². The molecule has 0 saturated heterocycles. The molecule has 10 heteroatoms. The normalized spacial score (nSPS) is 13.6. The number of rotatable bonds is 13. The van der Waals surface area contributed by atoms with Crippen LogP contribution < -0.4 is 10.1 Å². The monoisotopic (exact) mass is 483 g/mol. The van der Waals surface area contributed by atoms with Crippen LogP contribution in [0.3, 0.4) is 0 Å². The highest BCUT2D eigenvalue weighted by Gasteiger charge is 2.32. The van der Waals surface area contributed by atoms with Gasteiger partial charge in [0.15, 0.2) is 0 Å². The molecule has 2 N–H and O–H groups in total. The van der Waals surface area contributed by atoms with Gasteiger partial charge in [0.2, 0.25) is 0 Å². The molecule has 1 aliphatic heterocycles. The van der Waals surface area contributed by atoms with Gasteiger partial charge < -0.3 is 15.2 Å². The quantitative estimate of drug-likeness (QED) is 0.189. The number of aliphatic hydroxyl groups excluding tert-OH is 1. The van der Waals surface area contributed by atoms with Crippen molar-refractivity contribution in [1.29, 1.82) is 0 Å². The molecule has 9 nitrogen and oxygen atoms in total. The lowest BCUT2D eigenvalue weighted by Crippen LogP contribution is -2.34. The van der Waals surface area contributed by atoms with Crippen LogP contribution in [0.25, 0.3) is 0 Å². The van der Waals surface area contributed by atoms with Crippen LogP contribution in [0, 0.1) is 10.1 Å². The predicted octanol–water partition coefficient (Wildman–Crippen LogP) is 3.75. The molecular formula is C20H26BrN3O6. The number of nitrogens with zero attached hydrogens (tertiary/aromatic N) is 2. The number of hydrogen-bond acceptors (Lipinski definition) is 7. The van der Waals surface area contributed by atoms with Crippen LogP contribution in [0.4, 0.5) is 11.4 Å². The van der Waals surface area contributed by atoms with E-state index in [-0.39, 0.29) is 30.2 Å². The molecule has 0 fully saturated rings. The fraction of sp³-hybridized carbons (Fsp3) is 0.500. The van der Waals surface area contributed by atoms with Crippen molar-refractivity contribution in [1.82, 2.24) is 4.90 Å². The zero-order chi connectivity index (χ0) is 22.1. The number of carbonyl (C=O) groups is 2. The lowest BCUT2D eigenvalue weighted by molar-refractivity contribution is -0.384. The van der Waals surface area contributed by atoms with Crippen LogP contribution in [0.15, 0.2) is 28.4 Å². The van der Waals surface area contributed by atoms with Gasteiger partial charge in [0.1, 0.15) is 17.1 Å². The van der Waals surface area contributed by atoms with Crippen molar-refractivity contribution in [2.24, 2.45) is 0 Å². The number of ether oxygens (including phenoxy) is 1. The Balaban J connectivity index is 2.10. The summed E-state index contributed by atoms with van der Waals surface area (Å²) in [4.78, 5) is 35.9. The Morgan fingerprint density at radius 3 is 2.57 bits per heavy atom. The summed E-state index contributed by atoms with van der Waals surface area (Å²) in [6.45, 7) is 2.12. The molecule has 0 atom stereocenters. The number of benzene rings is 1. The van der Waals surface area contributed by atoms with Crippen LogP contribution in [0.2, 0.25) is 0 Å². The Kier molecular flexibility index (Phi) is 9.25. The summed E-state index contributed by atoms with van der Waals surface area (Å²) in [5.41, 5.74) is -0.323. The van der Waals surface area contributed by atoms with Gasteiger partial charge in [-0.3, -0.25) is 24.6 Å². The highest BCUT2D eigenvalue weighted by molar-refractivity contribution is 9.10. The molecule has 1 aromatic carbocycles. The van der Waals surface area contributed by atoms with Crippen molar-refractivity contribution in [3.05, 3.63) is 38.5 Å². The van der Waals surface area contributed by atoms with E-state index in [4.69, 9.17) is 9.84 Å². The number of amides is 2. The fourth-order valence-corrected chi connectivity index (χ4v) is 3.47. The number of hydrogen-bond donors (Lipinski definition) is 2. The zero-order valence-electron chi connectivity index (χ0n) is 16.9. The summed E-state index contributed by atoms with van der Waals surface area (Å²) in [6, 6.07) is 2.73. The highest BCUT2D eigenvalue weighted by Crippen LogP contribution is 2.37. The molecule has 1 aromatic rings. The molecule has 0 saturated carbocycles. The number of halogens is 1. The third-order valence-corrected chi connectivity index (χ3v) is 5.22. The van der Waals surface area contributed by atoms with Crippen LogP contribution >= 0.6 is 15.9 Å². The molecule has 1 aliphatic rings. The van der Waals surface area contributed by atoms with Gasteiger partial charge in [-0.15, -0.1) is 0 Å². The first-order valence-electron chi connectivity index (χ1n) is 9.95. The van der Waals surface area contributed by atoms with E-state index < -0.39 is 16.7 Å². The largest absolute Gasteiger partial charge is 0.492 e. The second-order valence-corrected chi connectivity index (χ2v) is 7.73. The topological polar surface area (TPSA) is 122 Å². The second kappa shape index (κ2) is 11.7. The van der Waals surface area contributed by atoms with E-state index in [0.717, 1.165) is 30.2 Å². The SMILES string of the molecule is CCCCCCCCOc1cc(NC2=CC(=O)N(CCO)C2=O)c([N+](=O)[O-])cc1Br. The summed E-state index contributed by atoms with van der Waals surface area (Å²) in [7, 11) is 0. The Morgan fingerprint density at radius 1 is 1.20 bits per heavy atom. The van der Waals surface area contributed by atoms with Gasteiger partial charge in [-0.1, -0.05) is 39.0 Å². The first-order chi connectivity index (χ1) is 14.4. The standard InChI is InChI=1S/C20H26BrN3O6/c1-2-3-4-5-6-7-10-30-18-12-15(17(24(28)29)11-14(18)21)22-16-13-19(26)23(8-9-25)20(16)27/h11-13,22,25H,2-10H2,1H3. The van der Waals surface area contributed by atoms with E-state index in [1.165, 1.54) is 31.4 Å². The van der Waals surface area contributed by atoms with Gasteiger partial charge in [-0.25, -0.2) is 0 Å². The van der Waals surface area contributed by atoms with Crippen molar-refractivity contribution in [3.63, 3.8) is 0 Å². The third kappa shape index (κ3) is 6.27. The summed E-state index contributed by atoms with van der Waals surface area (Å²) >= 11 is 3.29. The van der Waals surface area contributed by atoms with Crippen LogP contribution in [0.5, 0.6) is 5.75 Å². The summed E-state index contributed by atoms with van der Waals surface area (Å²) < 4.78 is 6.19. The van der Waals surface area contributed by atoms with Crippen LogP contribution in [-0.2, 0) is 9.59 Å². The minimum Gasteiger partial charge on any atom is -0.492 e. The number of nitro benzene ring substituents is 1. The average Bonchev–Trinajstić information content (AvgIpc) is 2.96. The van der Waals surface area contributed by atoms with E-state index in [9.17, 15) is 19.7 Å². The van der Waals surface area contributed by atoms with Gasteiger partial charge in [0.25, 0.3) is 17.5 Å². The van der Waals surface area contributed by atoms with E-state index in [0.29, 0.717) is 16.8 Å². The number of anilines is 1. The molecule has 0 spiro atoms. The Labute approximate surface area is 183 Å². The van der Waals surface area contributed by atoms with Crippen molar-refractivity contribution >= 4 is 39.1 Å². The van der Waals surface area contributed by atoms with Gasteiger partial charge in [-0.05, 0) is 22.4 Å². The molecule has 2 rings (SSSR count). The lowest BCUT2D eigenvalue weighted by atomic mass is 10.1. The van der Waals surface area contributed by atoms with E-state index in [1.807, 2.05) is 0 Å². The Hall–Kier alpha value is -2.46. The predicted molar refractivity (Wildman–Crippen MR) is 115 cm³/mol. The van der Waals surface area contributed by atoms with Gasteiger partial charge in [-0.2, -0.15) is 0 Å². The molecule has 0 aliphatic carbocycles. The molecular weight excluding hydrogens is 458 g/mol. The average molecular weight is 484 g/mol. The minimum absolute atomic E-state index is 0.0411. The van der Waals surface area contributed by atoms with Crippen LogP contribution in [-0.4, -0.2) is 46.5 Å². The van der Waals surface area contributed by atoms with Crippen LogP contribution in [0.1, 0.15) is 45.4 Å². The number of unbranched alkanes of at least 4 members (excludes halogenated alkanes) is 5. The van der Waals surface area contributed by atoms with Crippen molar-refractivity contribution in [2.75, 3.05) is 25.1 Å². The van der Waals surface area contributed by atoms with Gasteiger partial charge in [0.05, 0.1) is 29.2 Å². The molecule has 30 heavy (non-hydrogen) atoms. The van der Waals surface area contributed by atoms with Crippen molar-refractivity contribution in [3.8, 4) is 5.75 Å². The zero-order valence-corrected chi connectivity index (χ0v) is 18.4. The molecule has 0 unspecified atom stereocenters. The smallest absolute Gasteiger partial charge is 0.294 e. The fourth-order valence-electron chi connectivity index (χ4n) is 3.02. The molecule has 0 bridgehead atoms.